The van der Waals surface area contributed by atoms with Gasteiger partial charge in [-0.05, 0) is 56.7 Å². The van der Waals surface area contributed by atoms with Gasteiger partial charge in [0.05, 0.1) is 16.3 Å². The molecule has 1 aliphatic heterocycles. The average Bonchev–Trinajstić information content (AvgIpc) is 3.37. The first-order valence-corrected chi connectivity index (χ1v) is 12.8. The van der Waals surface area contributed by atoms with Crippen molar-refractivity contribution in [2.24, 2.45) is 0 Å². The molecule has 2 aromatic heterocycles. The number of carbonyl (C=O) groups excluding carboxylic acids is 1. The maximum absolute atomic E-state index is 12.5. The monoisotopic (exact) mass is 545 g/mol. The summed E-state index contributed by atoms with van der Waals surface area (Å²) >= 11 is 6.61. The normalized spacial score (nSPS) is 13.8. The Kier molecular flexibility index (Phi) is 6.93. The number of pyridine rings is 1. The number of fused-ring (bicyclic) bond motifs is 1. The molecule has 200 valence electrons. The summed E-state index contributed by atoms with van der Waals surface area (Å²) in [5.74, 6) is 1.04. The van der Waals surface area contributed by atoms with Crippen molar-refractivity contribution >= 4 is 34.7 Å². The van der Waals surface area contributed by atoms with Gasteiger partial charge in [0.25, 0.3) is 0 Å². The Morgan fingerprint density at radius 1 is 1.10 bits per heavy atom. The number of nitriles is 1. The zero-order chi connectivity index (χ0) is 27.7. The Labute approximate surface area is 231 Å². The molecule has 0 radical (unpaired) electrons. The van der Waals surface area contributed by atoms with Gasteiger partial charge in [-0.1, -0.05) is 17.7 Å². The quantitative estimate of drug-likeness (QED) is 0.340. The zero-order valence-electron chi connectivity index (χ0n) is 21.9. The van der Waals surface area contributed by atoms with E-state index in [0.29, 0.717) is 65.2 Å². The predicted molar refractivity (Wildman–Crippen MR) is 149 cm³/mol. The van der Waals surface area contributed by atoms with Crippen molar-refractivity contribution in [3.63, 3.8) is 0 Å². The van der Waals surface area contributed by atoms with Crippen molar-refractivity contribution < 1.29 is 14.3 Å². The van der Waals surface area contributed by atoms with E-state index in [-0.39, 0.29) is 6.09 Å². The fraction of sp³-hybridized carbons (Fsp3) is 0.286. The first-order valence-electron chi connectivity index (χ1n) is 12.4. The van der Waals surface area contributed by atoms with Gasteiger partial charge in [0.1, 0.15) is 29.5 Å². The number of halogens is 1. The summed E-state index contributed by atoms with van der Waals surface area (Å²) in [6, 6.07) is 14.9. The Bertz CT molecular complexity index is 1580. The summed E-state index contributed by atoms with van der Waals surface area (Å²) in [7, 11) is 0. The van der Waals surface area contributed by atoms with Crippen LogP contribution < -0.4 is 15.4 Å². The molecule has 11 heteroatoms. The Balaban J connectivity index is 1.36. The molecule has 4 aromatic rings. The van der Waals surface area contributed by atoms with E-state index in [1.165, 1.54) is 6.33 Å². The summed E-state index contributed by atoms with van der Waals surface area (Å²) in [5.41, 5.74) is 9.54. The third kappa shape index (κ3) is 5.68. The number of aromatic nitrogens is 3. The van der Waals surface area contributed by atoms with Gasteiger partial charge >= 0.3 is 6.09 Å². The van der Waals surface area contributed by atoms with E-state index in [9.17, 15) is 10.1 Å². The van der Waals surface area contributed by atoms with E-state index in [2.05, 4.69) is 21.1 Å². The number of nitrogens with two attached hydrogens (primary N) is 1. The number of hydrogen-bond donors (Lipinski definition) is 1. The van der Waals surface area contributed by atoms with Gasteiger partial charge in [0.2, 0.25) is 0 Å². The number of ether oxygens (including phenoxy) is 2. The molecule has 39 heavy (non-hydrogen) atoms. The number of anilines is 2. The van der Waals surface area contributed by atoms with Crippen molar-refractivity contribution in [1.82, 2.24) is 19.5 Å². The molecule has 5 rings (SSSR count). The Morgan fingerprint density at radius 3 is 2.56 bits per heavy atom. The molecule has 1 aliphatic rings. The molecule has 2 aromatic carbocycles. The van der Waals surface area contributed by atoms with Crippen LogP contribution >= 0.6 is 11.6 Å². The maximum Gasteiger partial charge on any atom is 0.410 e. The second-order valence-electron chi connectivity index (χ2n) is 10.2. The van der Waals surface area contributed by atoms with E-state index in [0.717, 1.165) is 11.3 Å². The second kappa shape index (κ2) is 10.3. The van der Waals surface area contributed by atoms with Crippen molar-refractivity contribution in [2.45, 2.75) is 26.4 Å². The lowest BCUT2D eigenvalue weighted by atomic mass is 9.98. The lowest BCUT2D eigenvalue weighted by Crippen LogP contribution is -2.50. The van der Waals surface area contributed by atoms with Crippen LogP contribution in [0.25, 0.3) is 16.8 Å². The number of nitrogens with zero attached hydrogens (tertiary/aromatic N) is 6. The van der Waals surface area contributed by atoms with Gasteiger partial charge in [0, 0.05) is 49.7 Å². The number of amides is 1. The molecule has 1 fully saturated rings. The highest BCUT2D eigenvalue weighted by Gasteiger charge is 2.26. The number of rotatable bonds is 4. The second-order valence-corrected chi connectivity index (χ2v) is 10.6. The molecule has 0 aliphatic carbocycles. The van der Waals surface area contributed by atoms with E-state index in [1.807, 2.05) is 32.9 Å². The number of nitrogen functional groups attached to an aromatic ring is 1. The van der Waals surface area contributed by atoms with Gasteiger partial charge in [-0.25, -0.2) is 14.3 Å². The third-order valence-electron chi connectivity index (χ3n) is 6.30. The summed E-state index contributed by atoms with van der Waals surface area (Å²) in [6.45, 7) is 7.76. The Morgan fingerprint density at radius 2 is 1.87 bits per heavy atom. The van der Waals surface area contributed by atoms with E-state index in [1.54, 1.807) is 45.9 Å². The van der Waals surface area contributed by atoms with Crippen LogP contribution in [0.2, 0.25) is 5.02 Å². The van der Waals surface area contributed by atoms with Crippen LogP contribution in [0.3, 0.4) is 0 Å². The molecule has 1 amide bonds. The predicted octanol–water partition coefficient (Wildman–Crippen LogP) is 5.35. The summed E-state index contributed by atoms with van der Waals surface area (Å²) < 4.78 is 13.1. The topological polar surface area (TPSA) is 122 Å². The fourth-order valence-corrected chi connectivity index (χ4v) is 4.58. The number of hydrogen-bond acceptors (Lipinski definition) is 8. The van der Waals surface area contributed by atoms with Gasteiger partial charge < -0.3 is 25.0 Å². The lowest BCUT2D eigenvalue weighted by Gasteiger charge is -2.37. The van der Waals surface area contributed by atoms with Crippen LogP contribution in [0.4, 0.5) is 16.2 Å². The van der Waals surface area contributed by atoms with Gasteiger partial charge in [-0.15, -0.1) is 0 Å². The van der Waals surface area contributed by atoms with E-state index >= 15 is 0 Å². The molecule has 3 heterocycles. The SMILES string of the molecule is CC(C)(C)OC(=O)N1CCN(c2cc(C#N)c(N)c(-c3ccc(Oc4ccn5ncnc5c4)c(Cl)c3)c2)CC1. The molecular formula is C28H28ClN7O3. The van der Waals surface area contributed by atoms with Crippen LogP contribution in [0.5, 0.6) is 11.5 Å². The lowest BCUT2D eigenvalue weighted by molar-refractivity contribution is 0.0240. The van der Waals surface area contributed by atoms with Crippen LogP contribution in [0.15, 0.2) is 55.0 Å². The largest absolute Gasteiger partial charge is 0.456 e. The molecule has 0 atom stereocenters. The third-order valence-corrected chi connectivity index (χ3v) is 6.60. The van der Waals surface area contributed by atoms with Crippen molar-refractivity contribution in [2.75, 3.05) is 36.8 Å². The highest BCUT2D eigenvalue weighted by Crippen LogP contribution is 2.38. The van der Waals surface area contributed by atoms with Gasteiger partial charge in [-0.3, -0.25) is 0 Å². The Hall–Kier alpha value is -4.49. The first-order chi connectivity index (χ1) is 18.6. The number of carbonyl (C=O) groups is 1. The molecule has 10 nitrogen and oxygen atoms in total. The minimum atomic E-state index is -0.547. The first kappa shape index (κ1) is 26.1. The minimum Gasteiger partial charge on any atom is -0.456 e. The fourth-order valence-electron chi connectivity index (χ4n) is 4.36. The van der Waals surface area contributed by atoms with Crippen molar-refractivity contribution in [1.29, 1.82) is 5.26 Å². The molecule has 0 saturated carbocycles. The van der Waals surface area contributed by atoms with Gasteiger partial charge in [-0.2, -0.15) is 10.4 Å². The highest BCUT2D eigenvalue weighted by atomic mass is 35.5. The molecule has 1 saturated heterocycles. The zero-order valence-corrected chi connectivity index (χ0v) is 22.6. The van der Waals surface area contributed by atoms with Crippen molar-refractivity contribution in [3.05, 3.63) is 65.6 Å². The molecular weight excluding hydrogens is 518 g/mol. The van der Waals surface area contributed by atoms with Gasteiger partial charge in [0.15, 0.2) is 5.65 Å². The smallest absolute Gasteiger partial charge is 0.410 e. The van der Waals surface area contributed by atoms with E-state index in [4.69, 9.17) is 26.8 Å². The molecule has 2 N–H and O–H groups in total. The summed E-state index contributed by atoms with van der Waals surface area (Å²) in [6.07, 6.45) is 2.90. The summed E-state index contributed by atoms with van der Waals surface area (Å²) in [5, 5.41) is 14.3. The molecule has 0 unspecified atom stereocenters. The average molecular weight is 546 g/mol. The van der Waals surface area contributed by atoms with Crippen molar-refractivity contribution in [3.8, 4) is 28.7 Å². The minimum absolute atomic E-state index is 0.323. The molecule has 0 spiro atoms. The summed E-state index contributed by atoms with van der Waals surface area (Å²) in [4.78, 5) is 20.5. The van der Waals surface area contributed by atoms with E-state index < -0.39 is 5.60 Å². The maximum atomic E-state index is 12.5. The van der Waals surface area contributed by atoms with Crippen LogP contribution in [0.1, 0.15) is 26.3 Å². The highest BCUT2D eigenvalue weighted by molar-refractivity contribution is 6.32. The van der Waals surface area contributed by atoms with Crippen LogP contribution in [0, 0.1) is 11.3 Å². The number of piperazine rings is 1. The number of benzene rings is 2. The van der Waals surface area contributed by atoms with Crippen LogP contribution in [-0.2, 0) is 4.74 Å². The molecule has 0 bridgehead atoms. The standard InChI is InChI=1S/C28H28ClN7O3/c1-28(2,3)39-27(37)35-10-8-34(9-11-35)20-12-19(16-30)26(31)22(14-20)18-4-5-24(23(29)13-18)38-21-6-7-36-25(15-21)32-17-33-36/h4-7,12-15,17H,8-11,31H2,1-3H3. The van der Waals surface area contributed by atoms with Crippen LogP contribution in [-0.4, -0.2) is 57.4 Å².